The average molecular weight is 583 g/mol. The molecule has 226 valence electrons. The monoisotopic (exact) mass is 582 g/mol. The van der Waals surface area contributed by atoms with Gasteiger partial charge in [-0.1, -0.05) is 45.0 Å². The maximum Gasteiger partial charge on any atom is 0.246 e. The molecule has 1 aliphatic heterocycles. The van der Waals surface area contributed by atoms with Crippen molar-refractivity contribution in [2.45, 2.75) is 52.5 Å². The van der Waals surface area contributed by atoms with E-state index in [0.29, 0.717) is 47.5 Å². The summed E-state index contributed by atoms with van der Waals surface area (Å²) in [5.41, 5.74) is 8.64. The Hall–Kier alpha value is -4.24. The molecule has 1 fully saturated rings. The molecule has 1 unspecified atom stereocenters. The third-order valence-electron chi connectivity index (χ3n) is 7.72. The number of anilines is 1. The second kappa shape index (κ2) is 14.3. The van der Waals surface area contributed by atoms with Crippen LogP contribution in [0.3, 0.4) is 0 Å². The van der Waals surface area contributed by atoms with Crippen molar-refractivity contribution < 1.29 is 14.3 Å². The molecule has 3 heterocycles. The number of nitrogens with two attached hydrogens (primary N) is 1. The number of para-hydroxylation sites is 1. The fourth-order valence-electron chi connectivity index (χ4n) is 5.29. The van der Waals surface area contributed by atoms with Crippen LogP contribution in [0, 0.1) is 11.8 Å². The Morgan fingerprint density at radius 3 is 2.60 bits per heavy atom. The summed E-state index contributed by atoms with van der Waals surface area (Å²) in [5, 5.41) is 5.72. The summed E-state index contributed by atoms with van der Waals surface area (Å²) >= 11 is 0. The van der Waals surface area contributed by atoms with Gasteiger partial charge in [-0.3, -0.25) is 4.79 Å². The van der Waals surface area contributed by atoms with Crippen LogP contribution in [-0.2, 0) is 9.53 Å². The zero-order valence-corrected chi connectivity index (χ0v) is 25.4. The summed E-state index contributed by atoms with van der Waals surface area (Å²) in [4.78, 5) is 23.8. The van der Waals surface area contributed by atoms with E-state index < -0.39 is 0 Å². The number of nitrogen functional groups attached to an aromatic ring is 1. The molecule has 0 aliphatic carbocycles. The lowest BCUT2D eigenvalue weighted by atomic mass is 10.1. The van der Waals surface area contributed by atoms with Gasteiger partial charge in [-0.2, -0.15) is 5.10 Å². The summed E-state index contributed by atoms with van der Waals surface area (Å²) in [6, 6.07) is 17.4. The van der Waals surface area contributed by atoms with Crippen molar-refractivity contribution >= 4 is 22.8 Å². The van der Waals surface area contributed by atoms with Gasteiger partial charge in [0.2, 0.25) is 5.91 Å². The van der Waals surface area contributed by atoms with Crippen molar-refractivity contribution in [2.75, 3.05) is 32.0 Å². The largest absolute Gasteiger partial charge is 0.457 e. The molecular weight excluding hydrogens is 540 g/mol. The average Bonchev–Trinajstić information content (AvgIpc) is 3.41. The first kappa shape index (κ1) is 30.2. The molecule has 2 N–H and O–H groups in total. The van der Waals surface area contributed by atoms with Crippen LogP contribution >= 0.6 is 0 Å². The van der Waals surface area contributed by atoms with Crippen LogP contribution in [0.2, 0.25) is 0 Å². The molecule has 5 rings (SSSR count). The van der Waals surface area contributed by atoms with Crippen molar-refractivity contribution in [1.29, 1.82) is 0 Å². The Balaban J connectivity index is 1.27. The first-order valence-electron chi connectivity index (χ1n) is 15.2. The van der Waals surface area contributed by atoms with Crippen LogP contribution < -0.4 is 10.5 Å². The molecule has 1 amide bonds. The first-order chi connectivity index (χ1) is 20.9. The van der Waals surface area contributed by atoms with Gasteiger partial charge in [0.25, 0.3) is 0 Å². The Kier molecular flexibility index (Phi) is 10.0. The number of rotatable bonds is 12. The smallest absolute Gasteiger partial charge is 0.246 e. The van der Waals surface area contributed by atoms with E-state index >= 15 is 0 Å². The number of allylic oxidation sites excluding steroid dienone is 1. The second-order valence-corrected chi connectivity index (χ2v) is 11.8. The maximum absolute atomic E-state index is 13.1. The number of fused-ring (bicyclic) bond motifs is 1. The SMILES string of the molecule is CC(C)CCOCC(C)C/C=C/C(=O)N1CCC[C@@H](n2nc(-c3ccc(Oc4ccccc4)cc3)c3c(N)ncnc32)C1. The molecule has 0 radical (unpaired) electrons. The number of hydrogen-bond donors (Lipinski definition) is 1. The number of likely N-dealkylation sites (tertiary alicyclic amines) is 1. The van der Waals surface area contributed by atoms with Gasteiger partial charge in [-0.15, -0.1) is 0 Å². The minimum absolute atomic E-state index is 0.0226. The number of hydrogen-bond acceptors (Lipinski definition) is 7. The van der Waals surface area contributed by atoms with Gasteiger partial charge in [0.15, 0.2) is 5.65 Å². The van der Waals surface area contributed by atoms with Gasteiger partial charge < -0.3 is 20.1 Å². The fraction of sp³-hybridized carbons (Fsp3) is 0.412. The molecule has 0 spiro atoms. The molecule has 4 aromatic rings. The lowest BCUT2D eigenvalue weighted by Gasteiger charge is -2.32. The fourth-order valence-corrected chi connectivity index (χ4v) is 5.29. The molecule has 9 heteroatoms. The van der Waals surface area contributed by atoms with E-state index in [4.69, 9.17) is 20.3 Å². The van der Waals surface area contributed by atoms with E-state index in [0.717, 1.165) is 55.9 Å². The Labute approximate surface area is 253 Å². The molecule has 2 atom stereocenters. The number of ether oxygens (including phenoxy) is 2. The van der Waals surface area contributed by atoms with Gasteiger partial charge in [0, 0.05) is 31.9 Å². The van der Waals surface area contributed by atoms with Crippen LogP contribution in [0.25, 0.3) is 22.3 Å². The summed E-state index contributed by atoms with van der Waals surface area (Å²) in [7, 11) is 0. The predicted octanol–water partition coefficient (Wildman–Crippen LogP) is 6.68. The zero-order chi connectivity index (χ0) is 30.2. The Bertz CT molecular complexity index is 1520. The normalized spacial score (nSPS) is 16.3. The minimum atomic E-state index is -0.0226. The number of carbonyl (C=O) groups excluding carboxylic acids is 1. The molecule has 1 saturated heterocycles. The highest BCUT2D eigenvalue weighted by Crippen LogP contribution is 2.35. The van der Waals surface area contributed by atoms with E-state index in [2.05, 4.69) is 30.7 Å². The highest BCUT2D eigenvalue weighted by Gasteiger charge is 2.28. The number of amides is 1. The third-order valence-corrected chi connectivity index (χ3v) is 7.72. The Morgan fingerprint density at radius 2 is 1.84 bits per heavy atom. The highest BCUT2D eigenvalue weighted by atomic mass is 16.5. The lowest BCUT2D eigenvalue weighted by molar-refractivity contribution is -0.127. The molecule has 9 nitrogen and oxygen atoms in total. The van der Waals surface area contributed by atoms with E-state index in [1.54, 1.807) is 6.08 Å². The van der Waals surface area contributed by atoms with Crippen molar-refractivity contribution in [3.63, 3.8) is 0 Å². The van der Waals surface area contributed by atoms with E-state index in [9.17, 15) is 4.79 Å². The zero-order valence-electron chi connectivity index (χ0n) is 25.4. The van der Waals surface area contributed by atoms with Gasteiger partial charge in [0.1, 0.15) is 29.3 Å². The summed E-state index contributed by atoms with van der Waals surface area (Å²) in [5.74, 6) is 2.91. The van der Waals surface area contributed by atoms with Crippen LogP contribution in [0.1, 0.15) is 52.5 Å². The van der Waals surface area contributed by atoms with Crippen molar-refractivity contribution in [3.8, 4) is 22.8 Å². The highest BCUT2D eigenvalue weighted by molar-refractivity contribution is 5.98. The molecule has 2 aromatic heterocycles. The molecule has 43 heavy (non-hydrogen) atoms. The summed E-state index contributed by atoms with van der Waals surface area (Å²) in [6.07, 6.45) is 8.80. The van der Waals surface area contributed by atoms with Crippen LogP contribution in [0.4, 0.5) is 5.82 Å². The van der Waals surface area contributed by atoms with Crippen molar-refractivity contribution in [1.82, 2.24) is 24.6 Å². The van der Waals surface area contributed by atoms with Crippen LogP contribution in [0.15, 0.2) is 73.1 Å². The molecule has 0 bridgehead atoms. The third kappa shape index (κ3) is 7.78. The van der Waals surface area contributed by atoms with Crippen molar-refractivity contribution in [2.24, 2.45) is 11.8 Å². The Morgan fingerprint density at radius 1 is 1.07 bits per heavy atom. The van der Waals surface area contributed by atoms with Crippen LogP contribution in [0.5, 0.6) is 11.5 Å². The molecule has 2 aromatic carbocycles. The molecular formula is C34H42N6O3. The second-order valence-electron chi connectivity index (χ2n) is 11.8. The number of carbonyl (C=O) groups is 1. The van der Waals surface area contributed by atoms with Gasteiger partial charge >= 0.3 is 0 Å². The molecule has 1 aliphatic rings. The van der Waals surface area contributed by atoms with E-state index in [1.807, 2.05) is 70.3 Å². The van der Waals surface area contributed by atoms with Crippen LogP contribution in [-0.4, -0.2) is 56.9 Å². The predicted molar refractivity (Wildman–Crippen MR) is 170 cm³/mol. The standard InChI is InChI=1S/C34H42N6O3/c1-24(2)18-20-42-22-25(3)9-7-13-30(41)39-19-8-10-27(21-39)40-34-31(33(35)36-23-37-34)32(38-40)26-14-16-29(17-15-26)43-28-11-5-4-6-12-28/h4-7,11-17,23-25,27H,8-10,18-22H2,1-3H3,(H2,35,36,37)/b13-7+/t25?,27-/m1/s1. The summed E-state index contributed by atoms with van der Waals surface area (Å²) < 4.78 is 13.7. The van der Waals surface area contributed by atoms with Gasteiger partial charge in [-0.05, 0) is 80.0 Å². The van der Waals surface area contributed by atoms with Crippen molar-refractivity contribution in [3.05, 3.63) is 73.1 Å². The lowest BCUT2D eigenvalue weighted by Crippen LogP contribution is -2.40. The van der Waals surface area contributed by atoms with E-state index in [-0.39, 0.29) is 11.9 Å². The molecule has 0 saturated carbocycles. The van der Waals surface area contributed by atoms with Gasteiger partial charge in [0.05, 0.1) is 11.4 Å². The number of benzene rings is 2. The maximum atomic E-state index is 13.1. The topological polar surface area (TPSA) is 108 Å². The van der Waals surface area contributed by atoms with Gasteiger partial charge in [-0.25, -0.2) is 14.6 Å². The summed E-state index contributed by atoms with van der Waals surface area (Å²) in [6.45, 7) is 9.32. The first-order valence-corrected chi connectivity index (χ1v) is 15.2. The minimum Gasteiger partial charge on any atom is -0.457 e. The number of piperidine rings is 1. The number of nitrogens with zero attached hydrogens (tertiary/aromatic N) is 5. The quantitative estimate of drug-likeness (QED) is 0.147. The van der Waals surface area contributed by atoms with E-state index in [1.165, 1.54) is 6.33 Å². The number of aromatic nitrogens is 4.